The average molecular weight is 523 g/mol. The molecule has 2 bridgehead atoms. The maximum Gasteiger partial charge on any atom is 0.481 e. The molecule has 1 aliphatic heterocycles. The molecule has 4 rings (SSSR count). The van der Waals surface area contributed by atoms with Crippen molar-refractivity contribution < 1.29 is 23.7 Å². The first-order valence-corrected chi connectivity index (χ1v) is 14.2. The summed E-state index contributed by atoms with van der Waals surface area (Å²) in [5, 5.41) is 8.25. The highest BCUT2D eigenvalue weighted by Crippen LogP contribution is 2.61. The fraction of sp³-hybridized carbons (Fsp3) is 0.889. The minimum atomic E-state index is -0.705. The SMILES string of the molecule is CC(C)CC(NC(=O)CNC(=O)C(C)NC(=O)C(C)C)B1OC2CC3CC(C2O1)C3(C)C.CCCCN. The fourth-order valence-electron chi connectivity index (χ4n) is 5.53. The molecule has 0 spiro atoms. The van der Waals surface area contributed by atoms with E-state index in [9.17, 15) is 14.4 Å². The normalized spacial score (nSPS) is 26.8. The molecule has 10 heteroatoms. The van der Waals surface area contributed by atoms with Crippen molar-refractivity contribution in [2.45, 2.75) is 112 Å². The van der Waals surface area contributed by atoms with Crippen molar-refractivity contribution in [1.82, 2.24) is 16.0 Å². The number of rotatable bonds is 11. The first-order chi connectivity index (χ1) is 17.3. The highest BCUT2D eigenvalue weighted by Gasteiger charge is 2.62. The summed E-state index contributed by atoms with van der Waals surface area (Å²) < 4.78 is 12.7. The first-order valence-electron chi connectivity index (χ1n) is 14.2. The lowest BCUT2D eigenvalue weighted by molar-refractivity contribution is -0.150. The van der Waals surface area contributed by atoms with E-state index >= 15 is 0 Å². The molecule has 1 saturated heterocycles. The molecule has 6 unspecified atom stereocenters. The van der Waals surface area contributed by atoms with Crippen molar-refractivity contribution in [2.24, 2.45) is 34.8 Å². The lowest BCUT2D eigenvalue weighted by atomic mass is 9.47. The summed E-state index contributed by atoms with van der Waals surface area (Å²) in [6.07, 6.45) is 5.52. The first kappa shape index (κ1) is 31.6. The Labute approximate surface area is 224 Å². The van der Waals surface area contributed by atoms with Gasteiger partial charge in [0.1, 0.15) is 6.04 Å². The Kier molecular flexibility index (Phi) is 11.9. The third kappa shape index (κ3) is 8.42. The van der Waals surface area contributed by atoms with Gasteiger partial charge in [0.05, 0.1) is 24.7 Å². The highest BCUT2D eigenvalue weighted by atomic mass is 16.7. The van der Waals surface area contributed by atoms with Gasteiger partial charge in [0.25, 0.3) is 0 Å². The van der Waals surface area contributed by atoms with Gasteiger partial charge >= 0.3 is 7.12 Å². The maximum atomic E-state index is 12.6. The zero-order valence-corrected chi connectivity index (χ0v) is 24.3. The molecule has 6 atom stereocenters. The third-order valence-electron chi connectivity index (χ3n) is 8.08. The quantitative estimate of drug-likeness (QED) is 0.308. The summed E-state index contributed by atoms with van der Waals surface area (Å²) >= 11 is 0. The topological polar surface area (TPSA) is 132 Å². The van der Waals surface area contributed by atoms with Gasteiger partial charge in [-0.3, -0.25) is 14.4 Å². The highest BCUT2D eigenvalue weighted by molar-refractivity contribution is 6.47. The van der Waals surface area contributed by atoms with Gasteiger partial charge in [-0.25, -0.2) is 0 Å². The Balaban J connectivity index is 0.000000877. The van der Waals surface area contributed by atoms with E-state index in [4.69, 9.17) is 15.0 Å². The Morgan fingerprint density at radius 1 is 1.03 bits per heavy atom. The predicted molar refractivity (Wildman–Crippen MR) is 146 cm³/mol. The molecule has 9 nitrogen and oxygen atoms in total. The summed E-state index contributed by atoms with van der Waals surface area (Å²) in [4.78, 5) is 36.6. The van der Waals surface area contributed by atoms with E-state index in [-0.39, 0.29) is 42.4 Å². The number of hydrogen-bond acceptors (Lipinski definition) is 6. The van der Waals surface area contributed by atoms with E-state index in [1.165, 1.54) is 19.3 Å². The van der Waals surface area contributed by atoms with E-state index in [2.05, 4.69) is 50.6 Å². The van der Waals surface area contributed by atoms with Crippen molar-refractivity contribution in [3.8, 4) is 0 Å². The van der Waals surface area contributed by atoms with Gasteiger partial charge in [-0.2, -0.15) is 0 Å². The van der Waals surface area contributed by atoms with E-state index in [0.29, 0.717) is 23.2 Å². The van der Waals surface area contributed by atoms with Crippen LogP contribution in [-0.4, -0.2) is 62.1 Å². The van der Waals surface area contributed by atoms with E-state index in [1.54, 1.807) is 20.8 Å². The van der Waals surface area contributed by atoms with E-state index in [0.717, 1.165) is 19.4 Å². The predicted octanol–water partition coefficient (Wildman–Crippen LogP) is 2.42. The summed E-state index contributed by atoms with van der Waals surface area (Å²) in [6, 6.07) is -0.705. The molecule has 212 valence electrons. The van der Waals surface area contributed by atoms with Gasteiger partial charge in [0.2, 0.25) is 17.7 Å². The second kappa shape index (κ2) is 13.9. The van der Waals surface area contributed by atoms with Crippen LogP contribution in [0, 0.1) is 29.1 Å². The minimum absolute atomic E-state index is 0.0942. The fourth-order valence-corrected chi connectivity index (χ4v) is 5.53. The molecule has 0 aromatic heterocycles. The zero-order valence-electron chi connectivity index (χ0n) is 24.3. The zero-order chi connectivity index (χ0) is 27.9. The monoisotopic (exact) mass is 522 g/mol. The Morgan fingerprint density at radius 2 is 1.70 bits per heavy atom. The van der Waals surface area contributed by atoms with Crippen LogP contribution >= 0.6 is 0 Å². The number of carbonyl (C=O) groups excluding carboxylic acids is 3. The molecular weight excluding hydrogens is 471 g/mol. The van der Waals surface area contributed by atoms with E-state index in [1.807, 2.05) is 0 Å². The van der Waals surface area contributed by atoms with Gasteiger partial charge in [-0.15, -0.1) is 0 Å². The number of hydrogen-bond donors (Lipinski definition) is 4. The smallest absolute Gasteiger partial charge is 0.404 e. The minimum Gasteiger partial charge on any atom is -0.404 e. The Bertz CT molecular complexity index is 776. The van der Waals surface area contributed by atoms with Crippen LogP contribution in [0.2, 0.25) is 0 Å². The second-order valence-electron chi connectivity index (χ2n) is 12.3. The van der Waals surface area contributed by atoms with Gasteiger partial charge in [-0.1, -0.05) is 54.9 Å². The molecule has 4 aliphatic rings. The van der Waals surface area contributed by atoms with Crippen molar-refractivity contribution in [3.05, 3.63) is 0 Å². The molecule has 3 amide bonds. The number of nitrogens with one attached hydrogen (secondary N) is 3. The summed E-state index contributed by atoms with van der Waals surface area (Å²) in [5.41, 5.74) is 5.43. The number of amides is 3. The average Bonchev–Trinajstić information content (AvgIpc) is 3.27. The van der Waals surface area contributed by atoms with Crippen LogP contribution in [0.5, 0.6) is 0 Å². The van der Waals surface area contributed by atoms with Crippen molar-refractivity contribution >= 4 is 24.8 Å². The van der Waals surface area contributed by atoms with Crippen LogP contribution in [0.1, 0.15) is 87.5 Å². The van der Waals surface area contributed by atoms with Crippen molar-refractivity contribution in [3.63, 3.8) is 0 Å². The molecule has 1 heterocycles. The molecule has 37 heavy (non-hydrogen) atoms. The molecule has 3 saturated carbocycles. The molecule has 0 aromatic rings. The van der Waals surface area contributed by atoms with Crippen molar-refractivity contribution in [1.29, 1.82) is 0 Å². The van der Waals surface area contributed by atoms with Crippen LogP contribution < -0.4 is 21.7 Å². The molecule has 3 aliphatic carbocycles. The van der Waals surface area contributed by atoms with Crippen LogP contribution in [-0.2, 0) is 23.7 Å². The molecule has 5 N–H and O–H groups in total. The van der Waals surface area contributed by atoms with Gasteiger partial charge in [0, 0.05) is 5.92 Å². The Hall–Kier alpha value is -1.65. The molecule has 4 fully saturated rings. The van der Waals surface area contributed by atoms with Crippen molar-refractivity contribution in [2.75, 3.05) is 13.1 Å². The Morgan fingerprint density at radius 3 is 2.22 bits per heavy atom. The maximum absolute atomic E-state index is 12.6. The van der Waals surface area contributed by atoms with Gasteiger partial charge < -0.3 is 31.0 Å². The largest absolute Gasteiger partial charge is 0.481 e. The lowest BCUT2D eigenvalue weighted by Gasteiger charge is -2.60. The van der Waals surface area contributed by atoms with Gasteiger partial charge in [0.15, 0.2) is 0 Å². The summed E-state index contributed by atoms with van der Waals surface area (Å²) in [7, 11) is -0.466. The second-order valence-corrected chi connectivity index (χ2v) is 12.3. The number of carbonyl (C=O) groups is 3. The summed E-state index contributed by atoms with van der Waals surface area (Å²) in [5.74, 6) is 0.166. The molecule has 0 radical (unpaired) electrons. The molecule has 0 aromatic carbocycles. The lowest BCUT2D eigenvalue weighted by Crippen LogP contribution is -2.59. The number of unbranched alkanes of at least 4 members (excludes halogenated alkanes) is 1. The van der Waals surface area contributed by atoms with Crippen LogP contribution in [0.4, 0.5) is 0 Å². The van der Waals surface area contributed by atoms with E-state index < -0.39 is 19.1 Å². The van der Waals surface area contributed by atoms with Gasteiger partial charge in [-0.05, 0) is 62.3 Å². The third-order valence-corrected chi connectivity index (χ3v) is 8.08. The van der Waals surface area contributed by atoms with Crippen LogP contribution in [0.3, 0.4) is 0 Å². The van der Waals surface area contributed by atoms with Crippen LogP contribution in [0.25, 0.3) is 0 Å². The molecular formula is C27H51BN4O5. The summed E-state index contributed by atoms with van der Waals surface area (Å²) in [6.45, 7) is 16.8. The number of nitrogens with two attached hydrogens (primary N) is 1. The standard InChI is InChI=1S/C23H40BN3O5.C4H11N/c1-12(2)8-18(24-31-17-10-15-9-16(20(17)32-24)23(15,6)7)27-19(28)11-25-22(30)14(5)26-21(29)13(3)4;1-2-3-4-5/h12-18,20H,8-11H2,1-7H3,(H,25,30)(H,26,29)(H,27,28);2-5H2,1H3. The van der Waals surface area contributed by atoms with Crippen LogP contribution in [0.15, 0.2) is 0 Å².